The first-order chi connectivity index (χ1) is 12.9. The van der Waals surface area contributed by atoms with Crippen molar-refractivity contribution < 1.29 is 17.9 Å². The van der Waals surface area contributed by atoms with Crippen LogP contribution in [0.15, 0.2) is 47.4 Å². The standard InChI is InChI=1S/C20H24N2O4S/c1-15-8-9-19-16(13-15)6-4-11-22(19)20(23)17-5-3-7-18(14-17)27(24,25)21-10-12-26-2/h3,5,7-9,13-14,21H,4,6,10-12H2,1-2H3. The molecular formula is C20H24N2O4S. The predicted molar refractivity (Wildman–Crippen MR) is 105 cm³/mol. The first-order valence-corrected chi connectivity index (χ1v) is 10.4. The number of fused-ring (bicyclic) bond motifs is 1. The Labute approximate surface area is 160 Å². The summed E-state index contributed by atoms with van der Waals surface area (Å²) in [7, 11) is -2.18. The molecule has 1 N–H and O–H groups in total. The Morgan fingerprint density at radius 1 is 1.22 bits per heavy atom. The lowest BCUT2D eigenvalue weighted by Gasteiger charge is -2.30. The number of carbonyl (C=O) groups is 1. The van der Waals surface area contributed by atoms with Crippen molar-refractivity contribution in [3.63, 3.8) is 0 Å². The molecule has 0 bridgehead atoms. The van der Waals surface area contributed by atoms with Crippen LogP contribution in [0.25, 0.3) is 0 Å². The number of methoxy groups -OCH3 is 1. The Hall–Kier alpha value is -2.22. The van der Waals surface area contributed by atoms with Gasteiger partial charge in [-0.25, -0.2) is 13.1 Å². The number of rotatable bonds is 6. The van der Waals surface area contributed by atoms with Gasteiger partial charge in [-0.15, -0.1) is 0 Å². The van der Waals surface area contributed by atoms with Gasteiger partial charge in [-0.3, -0.25) is 4.79 Å². The summed E-state index contributed by atoms with van der Waals surface area (Å²) in [5.74, 6) is -0.186. The zero-order valence-corrected chi connectivity index (χ0v) is 16.4. The molecule has 1 heterocycles. The van der Waals surface area contributed by atoms with E-state index in [1.165, 1.54) is 24.8 Å². The summed E-state index contributed by atoms with van der Waals surface area (Å²) in [5.41, 5.74) is 3.58. The SMILES string of the molecule is COCCNS(=O)(=O)c1cccc(C(=O)N2CCCc3cc(C)ccc32)c1. The zero-order valence-electron chi connectivity index (χ0n) is 15.6. The second-order valence-electron chi connectivity index (χ2n) is 6.61. The van der Waals surface area contributed by atoms with Crippen LogP contribution >= 0.6 is 0 Å². The summed E-state index contributed by atoms with van der Waals surface area (Å²) in [6.07, 6.45) is 1.83. The average Bonchev–Trinajstić information content (AvgIpc) is 2.67. The molecule has 0 saturated heterocycles. The first-order valence-electron chi connectivity index (χ1n) is 8.92. The van der Waals surface area contributed by atoms with Crippen LogP contribution in [0.3, 0.4) is 0 Å². The van der Waals surface area contributed by atoms with E-state index in [0.29, 0.717) is 12.1 Å². The highest BCUT2D eigenvalue weighted by Gasteiger charge is 2.24. The number of hydrogen-bond acceptors (Lipinski definition) is 4. The highest BCUT2D eigenvalue weighted by molar-refractivity contribution is 7.89. The predicted octanol–water partition coefficient (Wildman–Crippen LogP) is 2.51. The van der Waals surface area contributed by atoms with Crippen molar-refractivity contribution in [2.24, 2.45) is 0 Å². The molecule has 6 nitrogen and oxygen atoms in total. The minimum Gasteiger partial charge on any atom is -0.383 e. The number of ether oxygens (including phenoxy) is 1. The quantitative estimate of drug-likeness (QED) is 0.772. The third-order valence-corrected chi connectivity index (χ3v) is 6.05. The van der Waals surface area contributed by atoms with Gasteiger partial charge in [-0.2, -0.15) is 0 Å². The smallest absolute Gasteiger partial charge is 0.258 e. The van der Waals surface area contributed by atoms with Crippen molar-refractivity contribution in [1.29, 1.82) is 0 Å². The number of nitrogens with zero attached hydrogens (tertiary/aromatic N) is 1. The van der Waals surface area contributed by atoms with E-state index in [-0.39, 0.29) is 24.0 Å². The number of carbonyl (C=O) groups excluding carboxylic acids is 1. The summed E-state index contributed by atoms with van der Waals surface area (Å²) in [6, 6.07) is 12.2. The van der Waals surface area contributed by atoms with Crippen molar-refractivity contribution in [3.05, 3.63) is 59.2 Å². The summed E-state index contributed by atoms with van der Waals surface area (Å²) in [6.45, 7) is 3.11. The molecule has 7 heteroatoms. The lowest BCUT2D eigenvalue weighted by Crippen LogP contribution is -2.35. The summed E-state index contributed by atoms with van der Waals surface area (Å²) < 4.78 is 32.1. The Bertz CT molecular complexity index is 941. The van der Waals surface area contributed by atoms with Crippen LogP contribution in [-0.2, 0) is 21.2 Å². The van der Waals surface area contributed by atoms with Gasteiger partial charge in [0, 0.05) is 31.5 Å². The van der Waals surface area contributed by atoms with Crippen LogP contribution in [0, 0.1) is 6.92 Å². The summed E-state index contributed by atoms with van der Waals surface area (Å²) >= 11 is 0. The summed E-state index contributed by atoms with van der Waals surface area (Å²) in [4.78, 5) is 14.9. The fourth-order valence-corrected chi connectivity index (χ4v) is 4.31. The summed E-state index contributed by atoms with van der Waals surface area (Å²) in [5, 5.41) is 0. The van der Waals surface area contributed by atoms with Gasteiger partial charge in [-0.05, 0) is 49.6 Å². The van der Waals surface area contributed by atoms with Crippen LogP contribution in [0.2, 0.25) is 0 Å². The second kappa shape index (κ2) is 8.21. The molecule has 1 amide bonds. The Morgan fingerprint density at radius 3 is 2.81 bits per heavy atom. The molecular weight excluding hydrogens is 364 g/mol. The van der Waals surface area contributed by atoms with Gasteiger partial charge in [0.2, 0.25) is 10.0 Å². The molecule has 0 spiro atoms. The van der Waals surface area contributed by atoms with Gasteiger partial charge >= 0.3 is 0 Å². The van der Waals surface area contributed by atoms with Crippen molar-refractivity contribution in [2.75, 3.05) is 31.7 Å². The maximum absolute atomic E-state index is 13.1. The molecule has 144 valence electrons. The van der Waals surface area contributed by atoms with Crippen LogP contribution in [0.4, 0.5) is 5.69 Å². The normalized spacial score (nSPS) is 14.1. The minimum absolute atomic E-state index is 0.0746. The van der Waals surface area contributed by atoms with Gasteiger partial charge in [0.25, 0.3) is 5.91 Å². The van der Waals surface area contributed by atoms with E-state index in [0.717, 1.165) is 24.1 Å². The zero-order chi connectivity index (χ0) is 19.4. The van der Waals surface area contributed by atoms with Crippen LogP contribution in [0.5, 0.6) is 0 Å². The average molecular weight is 388 g/mol. The van der Waals surface area contributed by atoms with Crippen molar-refractivity contribution in [1.82, 2.24) is 4.72 Å². The first kappa shape index (κ1) is 19.5. The van der Waals surface area contributed by atoms with E-state index in [1.807, 2.05) is 19.1 Å². The molecule has 27 heavy (non-hydrogen) atoms. The monoisotopic (exact) mass is 388 g/mol. The maximum atomic E-state index is 13.1. The van der Waals surface area contributed by atoms with Gasteiger partial charge < -0.3 is 9.64 Å². The molecule has 0 fully saturated rings. The highest BCUT2D eigenvalue weighted by atomic mass is 32.2. The molecule has 0 saturated carbocycles. The molecule has 2 aromatic rings. The molecule has 0 atom stereocenters. The fourth-order valence-electron chi connectivity index (χ4n) is 3.25. The van der Waals surface area contributed by atoms with E-state index in [9.17, 15) is 13.2 Å². The van der Waals surface area contributed by atoms with Crippen molar-refractivity contribution in [3.8, 4) is 0 Å². The van der Waals surface area contributed by atoms with E-state index in [2.05, 4.69) is 10.8 Å². The molecule has 3 rings (SSSR count). The van der Waals surface area contributed by atoms with Crippen LogP contribution in [0.1, 0.15) is 27.9 Å². The molecule has 1 aliphatic heterocycles. The minimum atomic E-state index is -3.69. The molecule has 2 aromatic carbocycles. The molecule has 0 aromatic heterocycles. The number of nitrogens with one attached hydrogen (secondary N) is 1. The van der Waals surface area contributed by atoms with E-state index in [4.69, 9.17) is 4.74 Å². The molecule has 0 radical (unpaired) electrons. The highest BCUT2D eigenvalue weighted by Crippen LogP contribution is 2.29. The topological polar surface area (TPSA) is 75.7 Å². The van der Waals surface area contributed by atoms with Crippen LogP contribution < -0.4 is 9.62 Å². The van der Waals surface area contributed by atoms with Gasteiger partial charge in [0.05, 0.1) is 11.5 Å². The van der Waals surface area contributed by atoms with Gasteiger partial charge in [-0.1, -0.05) is 23.8 Å². The molecule has 1 aliphatic rings. The number of hydrogen-bond donors (Lipinski definition) is 1. The fraction of sp³-hybridized carbons (Fsp3) is 0.350. The maximum Gasteiger partial charge on any atom is 0.258 e. The Balaban J connectivity index is 1.87. The number of aryl methyl sites for hydroxylation is 2. The van der Waals surface area contributed by atoms with E-state index in [1.54, 1.807) is 17.0 Å². The Kier molecular flexibility index (Phi) is 5.94. The largest absolute Gasteiger partial charge is 0.383 e. The van der Waals surface area contributed by atoms with Crippen molar-refractivity contribution >= 4 is 21.6 Å². The van der Waals surface area contributed by atoms with E-state index >= 15 is 0 Å². The van der Waals surface area contributed by atoms with Crippen LogP contribution in [-0.4, -0.2) is 41.1 Å². The Morgan fingerprint density at radius 2 is 2.04 bits per heavy atom. The lowest BCUT2D eigenvalue weighted by atomic mass is 9.99. The third kappa shape index (κ3) is 4.37. The number of amides is 1. The number of anilines is 1. The third-order valence-electron chi connectivity index (χ3n) is 4.59. The van der Waals surface area contributed by atoms with E-state index < -0.39 is 10.0 Å². The molecule has 0 unspecified atom stereocenters. The second-order valence-corrected chi connectivity index (χ2v) is 8.38. The number of benzene rings is 2. The van der Waals surface area contributed by atoms with Crippen molar-refractivity contribution in [2.45, 2.75) is 24.7 Å². The number of sulfonamides is 1. The lowest BCUT2D eigenvalue weighted by molar-refractivity contribution is 0.0985. The molecule has 0 aliphatic carbocycles. The van der Waals surface area contributed by atoms with Gasteiger partial charge in [0.1, 0.15) is 0 Å². The van der Waals surface area contributed by atoms with Gasteiger partial charge in [0.15, 0.2) is 0 Å².